The zero-order valence-electron chi connectivity index (χ0n) is 8.99. The minimum Gasteiger partial charge on any atom is -0.626 e. The molecule has 1 heterocycles. The van der Waals surface area contributed by atoms with Crippen molar-refractivity contribution in [2.24, 2.45) is 5.41 Å². The fraction of sp³-hybridized carbons (Fsp3) is 0.417. The number of benzene rings is 1. The molecule has 1 amide bonds. The first-order valence-corrected chi connectivity index (χ1v) is 5.16. The van der Waals surface area contributed by atoms with E-state index in [0.717, 1.165) is 5.56 Å². The molecule has 0 spiro atoms. The molecule has 2 rings (SSSR count). The number of amides is 1. The van der Waals surface area contributed by atoms with Gasteiger partial charge in [0.15, 0.2) is 0 Å². The van der Waals surface area contributed by atoms with Crippen LogP contribution < -0.4 is 5.06 Å². The molecule has 15 heavy (non-hydrogen) atoms. The molecular formula is C12H15NO2. The lowest BCUT2D eigenvalue weighted by atomic mass is 9.88. The highest BCUT2D eigenvalue weighted by atomic mass is 16.5. The van der Waals surface area contributed by atoms with Crippen molar-refractivity contribution in [1.82, 2.24) is 0 Å². The number of hydrogen-bond acceptors (Lipinski definition) is 2. The highest BCUT2D eigenvalue weighted by Gasteiger charge is 2.47. The van der Waals surface area contributed by atoms with Crippen molar-refractivity contribution in [3.05, 3.63) is 41.1 Å². The summed E-state index contributed by atoms with van der Waals surface area (Å²) in [5.74, 6) is -0.226. The van der Waals surface area contributed by atoms with Crippen molar-refractivity contribution in [2.75, 3.05) is 0 Å². The lowest BCUT2D eigenvalue weighted by molar-refractivity contribution is -0.792. The second-order valence-electron chi connectivity index (χ2n) is 4.74. The van der Waals surface area contributed by atoms with Crippen LogP contribution in [0.15, 0.2) is 30.3 Å². The van der Waals surface area contributed by atoms with E-state index in [4.69, 9.17) is 0 Å². The Balaban J connectivity index is 2.31. The molecule has 0 saturated carbocycles. The summed E-state index contributed by atoms with van der Waals surface area (Å²) in [5.41, 5.74) is 0.471. The Labute approximate surface area is 89.3 Å². The van der Waals surface area contributed by atoms with Crippen molar-refractivity contribution in [3.63, 3.8) is 0 Å². The molecule has 1 N–H and O–H groups in total. The molecule has 1 aliphatic heterocycles. The van der Waals surface area contributed by atoms with Crippen LogP contribution in [-0.4, -0.2) is 5.91 Å². The SMILES string of the molecule is CC1(C)CC(c2ccccc2)[NH+]([O-])C1=O. The van der Waals surface area contributed by atoms with E-state index in [1.807, 2.05) is 44.2 Å². The molecule has 1 fully saturated rings. The number of hydroxylamine groups is 2. The summed E-state index contributed by atoms with van der Waals surface area (Å²) in [6.45, 7) is 3.69. The van der Waals surface area contributed by atoms with E-state index in [0.29, 0.717) is 6.42 Å². The summed E-state index contributed by atoms with van der Waals surface area (Å²) in [6, 6.07) is 9.31. The van der Waals surface area contributed by atoms with Gasteiger partial charge in [0, 0.05) is 12.0 Å². The maximum atomic E-state index is 11.8. The Bertz CT molecular complexity index is 372. The Morgan fingerprint density at radius 1 is 1.33 bits per heavy atom. The number of carbonyl (C=O) groups excluding carboxylic acids is 1. The van der Waals surface area contributed by atoms with Crippen molar-refractivity contribution < 1.29 is 9.86 Å². The highest BCUT2D eigenvalue weighted by Crippen LogP contribution is 2.32. The van der Waals surface area contributed by atoms with Gasteiger partial charge in [0.05, 0.1) is 5.41 Å². The van der Waals surface area contributed by atoms with Crippen LogP contribution >= 0.6 is 0 Å². The molecule has 3 nitrogen and oxygen atoms in total. The van der Waals surface area contributed by atoms with Crippen LogP contribution in [0.2, 0.25) is 0 Å². The number of carbonyl (C=O) groups is 1. The van der Waals surface area contributed by atoms with Gasteiger partial charge in [0.2, 0.25) is 0 Å². The lowest BCUT2D eigenvalue weighted by Crippen LogP contribution is -3.08. The van der Waals surface area contributed by atoms with Crippen LogP contribution in [0.1, 0.15) is 31.9 Å². The van der Waals surface area contributed by atoms with E-state index >= 15 is 0 Å². The fourth-order valence-electron chi connectivity index (χ4n) is 2.14. The average Bonchev–Trinajstić information content (AvgIpc) is 2.44. The second-order valence-corrected chi connectivity index (χ2v) is 4.74. The third-order valence-electron chi connectivity index (χ3n) is 3.07. The van der Waals surface area contributed by atoms with Gasteiger partial charge in [-0.05, 0) is 13.8 Å². The highest BCUT2D eigenvalue weighted by molar-refractivity contribution is 5.75. The average molecular weight is 205 g/mol. The van der Waals surface area contributed by atoms with Gasteiger partial charge in [0.1, 0.15) is 6.04 Å². The Kier molecular flexibility index (Phi) is 2.37. The van der Waals surface area contributed by atoms with E-state index in [2.05, 4.69) is 0 Å². The molecule has 1 aromatic carbocycles. The van der Waals surface area contributed by atoms with Crippen molar-refractivity contribution in [2.45, 2.75) is 26.3 Å². The summed E-state index contributed by atoms with van der Waals surface area (Å²) >= 11 is 0. The molecule has 2 atom stereocenters. The van der Waals surface area contributed by atoms with Gasteiger partial charge in [-0.2, -0.15) is 0 Å². The lowest BCUT2D eigenvalue weighted by Gasteiger charge is -2.21. The first-order valence-electron chi connectivity index (χ1n) is 5.16. The maximum absolute atomic E-state index is 11.8. The molecule has 2 unspecified atom stereocenters. The number of nitrogens with one attached hydrogen (secondary N) is 1. The van der Waals surface area contributed by atoms with Crippen LogP contribution in [0.25, 0.3) is 0 Å². The van der Waals surface area contributed by atoms with E-state index in [9.17, 15) is 10.0 Å². The molecule has 0 aromatic heterocycles. The third-order valence-corrected chi connectivity index (χ3v) is 3.07. The summed E-state index contributed by atoms with van der Waals surface area (Å²) in [6.07, 6.45) is 0.634. The van der Waals surface area contributed by atoms with Gasteiger partial charge in [0.25, 0.3) is 0 Å². The van der Waals surface area contributed by atoms with Crippen LogP contribution in [0.5, 0.6) is 0 Å². The topological polar surface area (TPSA) is 44.6 Å². The molecule has 1 aliphatic rings. The van der Waals surface area contributed by atoms with E-state index in [-0.39, 0.29) is 17.0 Å². The second kappa shape index (κ2) is 3.43. The molecular weight excluding hydrogens is 190 g/mol. The van der Waals surface area contributed by atoms with Gasteiger partial charge < -0.3 is 10.3 Å². The standard InChI is InChI=1S/C12H15NO2/c1-12(2)8-10(13(15)11(12)14)9-6-4-3-5-7-9/h3-7,10,13H,8H2,1-2H3. The molecule has 0 bridgehead atoms. The third kappa shape index (κ3) is 1.68. The Morgan fingerprint density at radius 2 is 1.93 bits per heavy atom. The Morgan fingerprint density at radius 3 is 2.40 bits per heavy atom. The van der Waals surface area contributed by atoms with Crippen molar-refractivity contribution >= 4 is 5.91 Å². The molecule has 3 heteroatoms. The fourth-order valence-corrected chi connectivity index (χ4v) is 2.14. The van der Waals surface area contributed by atoms with Gasteiger partial charge in [-0.1, -0.05) is 30.3 Å². The maximum Gasteiger partial charge on any atom is 0.318 e. The molecule has 0 aliphatic carbocycles. The number of rotatable bonds is 1. The van der Waals surface area contributed by atoms with E-state index in [1.54, 1.807) is 0 Å². The molecule has 80 valence electrons. The monoisotopic (exact) mass is 205 g/mol. The zero-order valence-corrected chi connectivity index (χ0v) is 8.99. The van der Waals surface area contributed by atoms with Gasteiger partial charge in [-0.25, -0.2) is 4.79 Å². The minimum atomic E-state index is -0.489. The largest absolute Gasteiger partial charge is 0.626 e. The van der Waals surface area contributed by atoms with Crippen LogP contribution in [-0.2, 0) is 4.79 Å². The van der Waals surface area contributed by atoms with E-state index in [1.165, 1.54) is 0 Å². The number of hydrogen-bond donors (Lipinski definition) is 1. The predicted octanol–water partition coefficient (Wildman–Crippen LogP) is 1.07. The van der Waals surface area contributed by atoms with Crippen LogP contribution in [0, 0.1) is 10.6 Å². The van der Waals surface area contributed by atoms with Crippen molar-refractivity contribution in [3.8, 4) is 0 Å². The molecule has 1 saturated heterocycles. The summed E-state index contributed by atoms with van der Waals surface area (Å²) < 4.78 is 0. The molecule has 1 aromatic rings. The summed E-state index contributed by atoms with van der Waals surface area (Å²) in [4.78, 5) is 11.7. The first kappa shape index (κ1) is 10.3. The van der Waals surface area contributed by atoms with Crippen molar-refractivity contribution in [1.29, 1.82) is 0 Å². The normalized spacial score (nSPS) is 29.4. The predicted molar refractivity (Wildman–Crippen MR) is 56.9 cm³/mol. The first-order chi connectivity index (χ1) is 7.02. The summed E-state index contributed by atoms with van der Waals surface area (Å²) in [5, 5.41) is 11.5. The minimum absolute atomic E-state index is 0.226. The Hall–Kier alpha value is -1.19. The van der Waals surface area contributed by atoms with Gasteiger partial charge in [-0.3, -0.25) is 0 Å². The van der Waals surface area contributed by atoms with E-state index < -0.39 is 5.41 Å². The summed E-state index contributed by atoms with van der Waals surface area (Å²) in [7, 11) is 0. The number of quaternary nitrogens is 1. The van der Waals surface area contributed by atoms with Gasteiger partial charge in [-0.15, -0.1) is 0 Å². The smallest absolute Gasteiger partial charge is 0.318 e. The van der Waals surface area contributed by atoms with Crippen LogP contribution in [0.3, 0.4) is 0 Å². The van der Waals surface area contributed by atoms with Crippen LogP contribution in [0.4, 0.5) is 0 Å². The zero-order chi connectivity index (χ0) is 11.1. The quantitative estimate of drug-likeness (QED) is 0.697. The molecule has 0 radical (unpaired) electrons. The van der Waals surface area contributed by atoms with Gasteiger partial charge >= 0.3 is 5.91 Å².